The fourth-order valence-corrected chi connectivity index (χ4v) is 2.19. The number of sulfone groups is 1. The first-order chi connectivity index (χ1) is 7.80. The average Bonchev–Trinajstić information content (AvgIpc) is 2.29. The number of terminal acetylenes is 1. The molecule has 17 heavy (non-hydrogen) atoms. The van der Waals surface area contributed by atoms with Gasteiger partial charge in [0.2, 0.25) is 0 Å². The van der Waals surface area contributed by atoms with Crippen molar-refractivity contribution < 1.29 is 8.42 Å². The fourth-order valence-electron chi connectivity index (χ4n) is 1.31. The third-order valence-electron chi connectivity index (χ3n) is 2.41. The quantitative estimate of drug-likeness (QED) is 0.835. The van der Waals surface area contributed by atoms with Gasteiger partial charge in [-0.2, -0.15) is 0 Å². The van der Waals surface area contributed by atoms with E-state index in [4.69, 9.17) is 6.42 Å². The Labute approximate surface area is 103 Å². The smallest absolute Gasteiger partial charge is 0.178 e. The first-order valence-corrected chi connectivity index (χ1v) is 7.05. The summed E-state index contributed by atoms with van der Waals surface area (Å²) in [5, 5.41) is 3.13. The van der Waals surface area contributed by atoms with Gasteiger partial charge in [0.05, 0.1) is 16.2 Å². The van der Waals surface area contributed by atoms with Crippen molar-refractivity contribution in [2.75, 3.05) is 11.1 Å². The van der Waals surface area contributed by atoms with Gasteiger partial charge in [0, 0.05) is 5.69 Å². The molecule has 4 heteroatoms. The van der Waals surface area contributed by atoms with Gasteiger partial charge in [-0.3, -0.25) is 0 Å². The fraction of sp³-hybridized carbons (Fsp3) is 0.385. The molecule has 92 valence electrons. The number of hydrogen-bond donors (Lipinski definition) is 1. The molecule has 0 heterocycles. The van der Waals surface area contributed by atoms with Crippen molar-refractivity contribution in [3.8, 4) is 12.3 Å². The van der Waals surface area contributed by atoms with Gasteiger partial charge in [0.1, 0.15) is 0 Å². The summed E-state index contributed by atoms with van der Waals surface area (Å²) in [5.41, 5.74) is 0.355. The van der Waals surface area contributed by atoms with Crippen LogP contribution in [0.5, 0.6) is 0 Å². The Morgan fingerprint density at radius 2 is 1.82 bits per heavy atom. The molecule has 0 aromatic heterocycles. The summed E-state index contributed by atoms with van der Waals surface area (Å²) in [6.45, 7) is 5.39. The lowest BCUT2D eigenvalue weighted by molar-refractivity contribution is 0.597. The zero-order valence-corrected chi connectivity index (χ0v) is 11.1. The molecule has 3 nitrogen and oxygen atoms in total. The minimum absolute atomic E-state index is 0.107. The van der Waals surface area contributed by atoms with Gasteiger partial charge >= 0.3 is 0 Å². The highest BCUT2D eigenvalue weighted by molar-refractivity contribution is 7.91. The molecule has 0 radical (unpaired) electrons. The van der Waals surface area contributed by atoms with E-state index in [2.05, 4.69) is 11.2 Å². The maximum Gasteiger partial charge on any atom is 0.178 e. The summed E-state index contributed by atoms with van der Waals surface area (Å²) in [7, 11) is -3.13. The van der Waals surface area contributed by atoms with Crippen molar-refractivity contribution in [1.82, 2.24) is 0 Å². The van der Waals surface area contributed by atoms with E-state index in [0.29, 0.717) is 4.90 Å². The topological polar surface area (TPSA) is 46.2 Å². The molecular weight excluding hydrogens is 234 g/mol. The molecule has 0 saturated carbocycles. The second kappa shape index (κ2) is 4.80. The maximum absolute atomic E-state index is 11.6. The Kier molecular flexibility index (Phi) is 3.84. The Morgan fingerprint density at radius 1 is 1.29 bits per heavy atom. The molecule has 1 aromatic carbocycles. The van der Waals surface area contributed by atoms with Gasteiger partial charge in [-0.1, -0.05) is 12.8 Å². The van der Waals surface area contributed by atoms with Gasteiger partial charge in [-0.05, 0) is 38.1 Å². The normalized spacial score (nSPS) is 11.9. The molecule has 1 rings (SSSR count). The molecule has 0 aliphatic heterocycles. The van der Waals surface area contributed by atoms with E-state index in [1.807, 2.05) is 13.8 Å². The summed E-state index contributed by atoms with van der Waals surface area (Å²) in [6.07, 6.45) is 5.37. The van der Waals surface area contributed by atoms with E-state index in [1.165, 1.54) is 0 Å². The minimum Gasteiger partial charge on any atom is -0.370 e. The number of rotatable bonds is 4. The van der Waals surface area contributed by atoms with Crippen LogP contribution in [-0.4, -0.2) is 19.7 Å². The Hall–Kier alpha value is -1.47. The van der Waals surface area contributed by atoms with Crippen molar-refractivity contribution in [2.24, 2.45) is 0 Å². The Morgan fingerprint density at radius 3 is 2.24 bits per heavy atom. The van der Waals surface area contributed by atoms with Gasteiger partial charge in [-0.15, -0.1) is 6.42 Å². The third kappa shape index (κ3) is 3.50. The standard InChI is InChI=1S/C13H17NO2S/c1-5-13(3,4)14-11-7-9-12(10-8-11)17(15,16)6-2/h1,7-10,14H,6H2,2-4H3. The van der Waals surface area contributed by atoms with Gasteiger partial charge in [0.15, 0.2) is 9.84 Å². The van der Waals surface area contributed by atoms with Crippen LogP contribution < -0.4 is 5.32 Å². The first kappa shape index (κ1) is 13.6. The molecule has 0 aliphatic carbocycles. The minimum atomic E-state index is -3.13. The molecule has 0 aliphatic rings. The molecule has 0 atom stereocenters. The Bertz CT molecular complexity index is 522. The molecule has 0 fully saturated rings. The highest BCUT2D eigenvalue weighted by atomic mass is 32.2. The van der Waals surface area contributed by atoms with Crippen LogP contribution in [0.3, 0.4) is 0 Å². The first-order valence-electron chi connectivity index (χ1n) is 5.39. The second-order valence-corrected chi connectivity index (χ2v) is 6.60. The summed E-state index contributed by atoms with van der Waals surface area (Å²) < 4.78 is 23.2. The van der Waals surface area contributed by atoms with Crippen LogP contribution in [-0.2, 0) is 9.84 Å². The molecule has 0 saturated heterocycles. The molecule has 0 amide bonds. The number of benzene rings is 1. The van der Waals surface area contributed by atoms with Crippen LogP contribution in [0.4, 0.5) is 5.69 Å². The van der Waals surface area contributed by atoms with Crippen molar-refractivity contribution in [3.05, 3.63) is 24.3 Å². The summed E-state index contributed by atoms with van der Waals surface area (Å²) in [5.74, 6) is 2.72. The number of nitrogens with one attached hydrogen (secondary N) is 1. The zero-order valence-electron chi connectivity index (χ0n) is 10.3. The maximum atomic E-state index is 11.6. The lowest BCUT2D eigenvalue weighted by Gasteiger charge is -2.21. The average molecular weight is 251 g/mol. The Balaban J connectivity index is 2.95. The van der Waals surface area contributed by atoms with Crippen molar-refractivity contribution in [1.29, 1.82) is 0 Å². The molecule has 1 N–H and O–H groups in total. The van der Waals surface area contributed by atoms with Crippen molar-refractivity contribution >= 4 is 15.5 Å². The van der Waals surface area contributed by atoms with E-state index < -0.39 is 15.4 Å². The highest BCUT2D eigenvalue weighted by Crippen LogP contribution is 2.18. The van der Waals surface area contributed by atoms with E-state index in [-0.39, 0.29) is 5.75 Å². The van der Waals surface area contributed by atoms with Crippen LogP contribution in [0.2, 0.25) is 0 Å². The predicted octanol–water partition coefficient (Wildman–Crippen LogP) is 2.30. The number of anilines is 1. The molecule has 1 aromatic rings. The largest absolute Gasteiger partial charge is 0.370 e. The molecule has 0 unspecified atom stereocenters. The lowest BCUT2D eigenvalue weighted by atomic mass is 10.1. The second-order valence-electron chi connectivity index (χ2n) is 4.32. The lowest BCUT2D eigenvalue weighted by Crippen LogP contribution is -2.28. The summed E-state index contributed by atoms with van der Waals surface area (Å²) in [6, 6.07) is 6.63. The van der Waals surface area contributed by atoms with Crippen LogP contribution >= 0.6 is 0 Å². The van der Waals surface area contributed by atoms with Gasteiger partial charge in [-0.25, -0.2) is 8.42 Å². The molecular formula is C13H17NO2S. The zero-order chi connectivity index (χ0) is 13.1. The monoisotopic (exact) mass is 251 g/mol. The number of hydrogen-bond acceptors (Lipinski definition) is 3. The van der Waals surface area contributed by atoms with Crippen LogP contribution in [0, 0.1) is 12.3 Å². The molecule has 0 spiro atoms. The van der Waals surface area contributed by atoms with Gasteiger partial charge < -0.3 is 5.32 Å². The third-order valence-corrected chi connectivity index (χ3v) is 4.16. The SMILES string of the molecule is C#CC(C)(C)Nc1ccc(S(=O)(=O)CC)cc1. The van der Waals surface area contributed by atoms with E-state index >= 15 is 0 Å². The molecule has 0 bridgehead atoms. The van der Waals surface area contributed by atoms with E-state index in [9.17, 15) is 8.42 Å². The van der Waals surface area contributed by atoms with Crippen LogP contribution in [0.15, 0.2) is 29.2 Å². The van der Waals surface area contributed by atoms with E-state index in [1.54, 1.807) is 31.2 Å². The van der Waals surface area contributed by atoms with Crippen LogP contribution in [0.25, 0.3) is 0 Å². The summed E-state index contributed by atoms with van der Waals surface area (Å²) in [4.78, 5) is 0.337. The van der Waals surface area contributed by atoms with Crippen LogP contribution in [0.1, 0.15) is 20.8 Å². The highest BCUT2D eigenvalue weighted by Gasteiger charge is 2.14. The predicted molar refractivity (Wildman–Crippen MR) is 70.7 cm³/mol. The van der Waals surface area contributed by atoms with Crippen molar-refractivity contribution in [2.45, 2.75) is 31.2 Å². The van der Waals surface area contributed by atoms with Crippen molar-refractivity contribution in [3.63, 3.8) is 0 Å². The van der Waals surface area contributed by atoms with E-state index in [0.717, 1.165) is 5.69 Å². The summed E-state index contributed by atoms with van der Waals surface area (Å²) >= 11 is 0. The van der Waals surface area contributed by atoms with Gasteiger partial charge in [0.25, 0.3) is 0 Å².